The van der Waals surface area contributed by atoms with Crippen LogP contribution in [0.4, 0.5) is 0 Å². The van der Waals surface area contributed by atoms with Gasteiger partial charge in [-0.05, 0) is 44.6 Å². The molecule has 3 unspecified atom stereocenters. The summed E-state index contributed by atoms with van der Waals surface area (Å²) < 4.78 is 27.0. The normalized spacial score (nSPS) is 30.2. The van der Waals surface area contributed by atoms with Gasteiger partial charge in [0.05, 0.1) is 4.90 Å². The van der Waals surface area contributed by atoms with Gasteiger partial charge >= 0.3 is 0 Å². The van der Waals surface area contributed by atoms with Gasteiger partial charge in [-0.3, -0.25) is 0 Å². The van der Waals surface area contributed by atoms with Crippen molar-refractivity contribution in [1.82, 2.24) is 4.31 Å². The lowest BCUT2D eigenvalue weighted by molar-refractivity contribution is 0.427. The lowest BCUT2D eigenvalue weighted by Gasteiger charge is -2.18. The lowest BCUT2D eigenvalue weighted by atomic mass is 9.98. The number of rotatable bonds is 2. The Hall–Kier alpha value is -0.140. The molecule has 0 radical (unpaired) electrons. The van der Waals surface area contributed by atoms with E-state index in [9.17, 15) is 8.42 Å². The van der Waals surface area contributed by atoms with Gasteiger partial charge in [0, 0.05) is 28.9 Å². The van der Waals surface area contributed by atoms with Crippen LogP contribution < -0.4 is 5.73 Å². The Kier molecular flexibility index (Phi) is 4.52. The van der Waals surface area contributed by atoms with Gasteiger partial charge in [-0.2, -0.15) is 4.31 Å². The highest BCUT2D eigenvalue weighted by atomic mass is 35.5. The van der Waals surface area contributed by atoms with Crippen LogP contribution in [-0.4, -0.2) is 31.9 Å². The first-order valence-corrected chi connectivity index (χ1v) is 8.98. The molecule has 1 aliphatic heterocycles. The number of nitrogens with two attached hydrogens (primary N) is 1. The minimum atomic E-state index is -3.33. The molecule has 2 heterocycles. The van der Waals surface area contributed by atoms with Crippen LogP contribution in [-0.2, 0) is 10.0 Å². The van der Waals surface area contributed by atoms with Crippen LogP contribution in [0.1, 0.15) is 22.6 Å². The van der Waals surface area contributed by atoms with Crippen molar-refractivity contribution < 1.29 is 8.42 Å². The molecule has 2 aliphatic rings. The fourth-order valence-corrected chi connectivity index (χ4v) is 6.52. The molecule has 3 rings (SSSR count). The highest BCUT2D eigenvalue weighted by molar-refractivity contribution is 7.89. The van der Waals surface area contributed by atoms with Crippen LogP contribution in [0.5, 0.6) is 0 Å². The van der Waals surface area contributed by atoms with E-state index in [1.54, 1.807) is 21.7 Å². The highest BCUT2D eigenvalue weighted by Crippen LogP contribution is 2.40. The van der Waals surface area contributed by atoms with E-state index in [2.05, 4.69) is 0 Å². The second-order valence-electron chi connectivity index (χ2n) is 5.76. The van der Waals surface area contributed by atoms with Crippen LogP contribution in [0.15, 0.2) is 11.0 Å². The van der Waals surface area contributed by atoms with E-state index in [0.29, 0.717) is 29.8 Å². The number of fused-ring (bicyclic) bond motifs is 1. The Morgan fingerprint density at radius 2 is 2.00 bits per heavy atom. The van der Waals surface area contributed by atoms with Crippen LogP contribution in [0.2, 0.25) is 0 Å². The summed E-state index contributed by atoms with van der Waals surface area (Å²) in [5.41, 5.74) is 6.08. The quantitative estimate of drug-likeness (QED) is 0.900. The molecule has 1 saturated carbocycles. The third-order valence-corrected chi connectivity index (χ3v) is 7.55. The minimum absolute atomic E-state index is 0. The Bertz CT molecular complexity index is 600. The largest absolute Gasteiger partial charge is 0.327 e. The second-order valence-corrected chi connectivity index (χ2v) is 9.13. The summed E-state index contributed by atoms with van der Waals surface area (Å²) in [5.74, 6) is 0.819. The average Bonchev–Trinajstić information content (AvgIpc) is 2.96. The van der Waals surface area contributed by atoms with Gasteiger partial charge in [0.1, 0.15) is 0 Å². The molecule has 1 saturated heterocycles. The maximum atomic E-state index is 12.7. The van der Waals surface area contributed by atoms with Gasteiger partial charge in [0.25, 0.3) is 0 Å². The maximum absolute atomic E-state index is 12.7. The molecule has 0 spiro atoms. The summed E-state index contributed by atoms with van der Waals surface area (Å²) in [7, 11) is -3.33. The zero-order valence-electron chi connectivity index (χ0n) is 11.7. The van der Waals surface area contributed by atoms with Gasteiger partial charge < -0.3 is 5.73 Å². The highest BCUT2D eigenvalue weighted by Gasteiger charge is 2.45. The van der Waals surface area contributed by atoms with E-state index in [4.69, 9.17) is 5.73 Å². The smallest absolute Gasteiger partial charge is 0.244 e. The first-order chi connectivity index (χ1) is 8.89. The van der Waals surface area contributed by atoms with E-state index in [0.717, 1.165) is 22.6 Å². The van der Waals surface area contributed by atoms with E-state index >= 15 is 0 Å². The molecule has 2 N–H and O–H groups in total. The third kappa shape index (κ3) is 2.52. The van der Waals surface area contributed by atoms with Crippen molar-refractivity contribution in [2.24, 2.45) is 17.6 Å². The number of hydrogen-bond acceptors (Lipinski definition) is 4. The van der Waals surface area contributed by atoms with Gasteiger partial charge in [0.2, 0.25) is 10.0 Å². The van der Waals surface area contributed by atoms with Crippen LogP contribution in [0, 0.1) is 25.7 Å². The van der Waals surface area contributed by atoms with E-state index in [1.807, 2.05) is 13.8 Å². The van der Waals surface area contributed by atoms with Crippen molar-refractivity contribution in [3.63, 3.8) is 0 Å². The Labute approximate surface area is 130 Å². The SMILES string of the molecule is Cc1cc(S(=O)(=O)N2CC3CCC(N)C3C2)c(C)s1.Cl. The molecule has 2 fully saturated rings. The van der Waals surface area contributed by atoms with E-state index < -0.39 is 10.0 Å². The summed E-state index contributed by atoms with van der Waals surface area (Å²) in [6.07, 6.45) is 2.11. The summed E-state index contributed by atoms with van der Waals surface area (Å²) in [5, 5.41) is 0. The first kappa shape index (κ1) is 16.2. The summed E-state index contributed by atoms with van der Waals surface area (Å²) >= 11 is 1.55. The molecular weight excluding hydrogens is 316 g/mol. The minimum Gasteiger partial charge on any atom is -0.327 e. The molecule has 0 amide bonds. The lowest BCUT2D eigenvalue weighted by Crippen LogP contribution is -2.33. The van der Waals surface area contributed by atoms with Gasteiger partial charge in [-0.15, -0.1) is 23.7 Å². The van der Waals surface area contributed by atoms with Crippen LogP contribution in [0.25, 0.3) is 0 Å². The zero-order valence-corrected chi connectivity index (χ0v) is 14.2. The molecule has 0 bridgehead atoms. The number of hydrogen-bond donors (Lipinski definition) is 1. The molecule has 7 heteroatoms. The number of aryl methyl sites for hydroxylation is 2. The molecule has 3 atom stereocenters. The number of nitrogens with zero attached hydrogens (tertiary/aromatic N) is 1. The maximum Gasteiger partial charge on any atom is 0.244 e. The summed E-state index contributed by atoms with van der Waals surface area (Å²) in [6.45, 7) is 5.08. The van der Waals surface area contributed by atoms with Gasteiger partial charge in [0.15, 0.2) is 0 Å². The molecule has 20 heavy (non-hydrogen) atoms. The molecular formula is C13H21ClN2O2S2. The van der Waals surface area contributed by atoms with Crippen molar-refractivity contribution in [2.45, 2.75) is 37.6 Å². The van der Waals surface area contributed by atoms with Crippen molar-refractivity contribution in [1.29, 1.82) is 0 Å². The predicted octanol–water partition coefficient (Wildman–Crippen LogP) is 2.14. The fourth-order valence-electron chi connectivity index (χ4n) is 3.47. The third-order valence-electron chi connectivity index (χ3n) is 4.49. The molecule has 1 aromatic rings. The van der Waals surface area contributed by atoms with Gasteiger partial charge in [-0.25, -0.2) is 8.42 Å². The molecule has 4 nitrogen and oxygen atoms in total. The Morgan fingerprint density at radius 3 is 2.55 bits per heavy atom. The summed E-state index contributed by atoms with van der Waals surface area (Å²) in [6, 6.07) is 1.97. The van der Waals surface area contributed by atoms with Crippen molar-refractivity contribution >= 4 is 33.8 Å². The van der Waals surface area contributed by atoms with Crippen LogP contribution >= 0.6 is 23.7 Å². The predicted molar refractivity (Wildman–Crippen MR) is 84.0 cm³/mol. The number of halogens is 1. The van der Waals surface area contributed by atoms with Gasteiger partial charge in [-0.1, -0.05) is 0 Å². The van der Waals surface area contributed by atoms with E-state index in [1.165, 1.54) is 0 Å². The topological polar surface area (TPSA) is 63.4 Å². The molecule has 114 valence electrons. The zero-order chi connectivity index (χ0) is 13.8. The Morgan fingerprint density at radius 1 is 1.30 bits per heavy atom. The summed E-state index contributed by atoms with van der Waals surface area (Å²) in [4.78, 5) is 2.43. The fraction of sp³-hybridized carbons (Fsp3) is 0.692. The molecule has 1 aromatic heterocycles. The standard InChI is InChI=1S/C13H20N2O2S2.ClH/c1-8-5-13(9(2)18-8)19(16,17)15-6-10-3-4-12(14)11(10)7-15;/h5,10-12H,3-4,6-7,14H2,1-2H3;1H. The van der Waals surface area contributed by atoms with E-state index in [-0.39, 0.29) is 18.4 Å². The van der Waals surface area contributed by atoms with Crippen molar-refractivity contribution in [3.8, 4) is 0 Å². The van der Waals surface area contributed by atoms with Crippen molar-refractivity contribution in [3.05, 3.63) is 15.8 Å². The molecule has 1 aliphatic carbocycles. The molecule has 0 aromatic carbocycles. The number of thiophene rings is 1. The Balaban J connectivity index is 0.00000147. The average molecular weight is 337 g/mol. The van der Waals surface area contributed by atoms with Crippen LogP contribution in [0.3, 0.4) is 0 Å². The first-order valence-electron chi connectivity index (χ1n) is 6.72. The monoisotopic (exact) mass is 336 g/mol. The number of sulfonamides is 1. The second kappa shape index (κ2) is 5.57. The van der Waals surface area contributed by atoms with Crippen molar-refractivity contribution in [2.75, 3.05) is 13.1 Å².